The predicted molar refractivity (Wildman–Crippen MR) is 65.4 cm³/mol. The van der Waals surface area contributed by atoms with Crippen LogP contribution in [0.5, 0.6) is 0 Å². The number of benzene rings is 1. The van der Waals surface area contributed by atoms with Crippen LogP contribution in [0.1, 0.15) is 25.3 Å². The Morgan fingerprint density at radius 1 is 1.29 bits per heavy atom. The van der Waals surface area contributed by atoms with Crippen LogP contribution in [0.15, 0.2) is 40.6 Å². The first-order valence-electron chi connectivity index (χ1n) is 5.81. The Labute approximate surface area is 101 Å². The molecule has 4 heteroatoms. The van der Waals surface area contributed by atoms with E-state index < -0.39 is 0 Å². The fourth-order valence-corrected chi connectivity index (χ4v) is 1.67. The van der Waals surface area contributed by atoms with Gasteiger partial charge in [0.25, 0.3) is 0 Å². The van der Waals surface area contributed by atoms with Crippen LogP contribution in [0.25, 0.3) is 0 Å². The quantitative estimate of drug-likeness (QED) is 0.768. The van der Waals surface area contributed by atoms with Crippen molar-refractivity contribution in [3.05, 3.63) is 35.9 Å². The number of nitrogens with zero attached hydrogens (tertiary/aromatic N) is 3. The molecule has 0 saturated carbocycles. The van der Waals surface area contributed by atoms with Gasteiger partial charge in [0.1, 0.15) is 0 Å². The van der Waals surface area contributed by atoms with Crippen molar-refractivity contribution < 1.29 is 4.79 Å². The van der Waals surface area contributed by atoms with E-state index in [1.165, 1.54) is 0 Å². The molecule has 1 aromatic carbocycles. The fraction of sp³-hybridized carbons (Fsp3) is 0.462. The van der Waals surface area contributed by atoms with Crippen LogP contribution in [0.3, 0.4) is 0 Å². The number of carbonyl (C=O) groups excluding carboxylic acids is 1. The molecule has 0 aliphatic carbocycles. The van der Waals surface area contributed by atoms with Crippen molar-refractivity contribution in [2.75, 3.05) is 7.05 Å². The maximum Gasteiger partial charge on any atom is 0.222 e. The van der Waals surface area contributed by atoms with Crippen molar-refractivity contribution in [1.29, 1.82) is 0 Å². The second-order valence-corrected chi connectivity index (χ2v) is 4.65. The third-order valence-electron chi connectivity index (χ3n) is 2.94. The first-order chi connectivity index (χ1) is 8.09. The molecule has 1 heterocycles. The number of rotatable bonds is 5. The molecule has 17 heavy (non-hydrogen) atoms. The summed E-state index contributed by atoms with van der Waals surface area (Å²) in [4.78, 5) is 13.6. The molecule has 0 saturated heterocycles. The van der Waals surface area contributed by atoms with E-state index in [1.807, 2.05) is 44.3 Å². The summed E-state index contributed by atoms with van der Waals surface area (Å²) in [6.07, 6.45) is 1.22. The first-order valence-corrected chi connectivity index (χ1v) is 5.81. The molecule has 0 N–H and O–H groups in total. The topological polar surface area (TPSA) is 45.0 Å². The third-order valence-corrected chi connectivity index (χ3v) is 2.94. The average Bonchev–Trinajstić information content (AvgIpc) is 3.06. The predicted octanol–water partition coefficient (Wildman–Crippen LogP) is 2.61. The van der Waals surface area contributed by atoms with Gasteiger partial charge in [-0.05, 0) is 12.5 Å². The molecule has 1 amide bonds. The molecule has 0 fully saturated rings. The summed E-state index contributed by atoms with van der Waals surface area (Å²) in [6, 6.07) is 9.99. The molecule has 0 radical (unpaired) electrons. The second-order valence-electron chi connectivity index (χ2n) is 4.65. The first kappa shape index (κ1) is 11.8. The summed E-state index contributed by atoms with van der Waals surface area (Å²) in [6.45, 7) is 2.60. The molecule has 0 bridgehead atoms. The Hall–Kier alpha value is -1.71. The molecule has 0 unspecified atom stereocenters. The zero-order valence-electron chi connectivity index (χ0n) is 10.3. The van der Waals surface area contributed by atoms with Gasteiger partial charge >= 0.3 is 0 Å². The lowest BCUT2D eigenvalue weighted by atomic mass is 10.1. The normalized spacial score (nSPS) is 15.6. The Morgan fingerprint density at radius 2 is 1.94 bits per heavy atom. The van der Waals surface area contributed by atoms with Gasteiger partial charge in [0.2, 0.25) is 5.91 Å². The number of amides is 1. The molecule has 0 spiro atoms. The highest BCUT2D eigenvalue weighted by Gasteiger charge is 2.34. The molecule has 90 valence electrons. The Morgan fingerprint density at radius 3 is 2.53 bits per heavy atom. The van der Waals surface area contributed by atoms with E-state index in [9.17, 15) is 4.79 Å². The maximum atomic E-state index is 11.9. The lowest BCUT2D eigenvalue weighted by molar-refractivity contribution is -0.130. The molecule has 2 rings (SSSR count). The van der Waals surface area contributed by atoms with Gasteiger partial charge in [-0.3, -0.25) is 4.79 Å². The zero-order chi connectivity index (χ0) is 12.3. The average molecular weight is 231 g/mol. The van der Waals surface area contributed by atoms with E-state index >= 15 is 0 Å². The molecular weight excluding hydrogens is 214 g/mol. The van der Waals surface area contributed by atoms with Gasteiger partial charge in [0.05, 0.1) is 0 Å². The monoisotopic (exact) mass is 231 g/mol. The van der Waals surface area contributed by atoms with Crippen LogP contribution in [-0.2, 0) is 11.3 Å². The van der Waals surface area contributed by atoms with Crippen LogP contribution >= 0.6 is 0 Å². The van der Waals surface area contributed by atoms with Crippen LogP contribution in [-0.4, -0.2) is 23.5 Å². The van der Waals surface area contributed by atoms with Crippen LogP contribution in [0.2, 0.25) is 0 Å². The number of hydrogen-bond acceptors (Lipinski definition) is 3. The van der Waals surface area contributed by atoms with Gasteiger partial charge in [-0.15, -0.1) is 0 Å². The van der Waals surface area contributed by atoms with Gasteiger partial charge < -0.3 is 4.90 Å². The minimum atomic E-state index is -0.275. The Kier molecular flexibility index (Phi) is 3.22. The molecule has 1 aromatic rings. The van der Waals surface area contributed by atoms with E-state index in [-0.39, 0.29) is 11.6 Å². The van der Waals surface area contributed by atoms with Crippen molar-refractivity contribution >= 4 is 5.91 Å². The number of carbonyl (C=O) groups is 1. The molecule has 0 aromatic heterocycles. The van der Waals surface area contributed by atoms with Gasteiger partial charge in [-0.25, -0.2) is 0 Å². The van der Waals surface area contributed by atoms with E-state index in [1.54, 1.807) is 4.90 Å². The molecule has 0 atom stereocenters. The SMILES string of the molecule is CN(Cc1ccccc1)C(=O)CCC1(C)N=N1. The standard InChI is InChI=1S/C13H17N3O/c1-13(14-15-13)9-8-12(17)16(2)10-11-6-4-3-5-7-11/h3-7H,8-10H2,1-2H3. The van der Waals surface area contributed by atoms with Gasteiger partial charge in [0, 0.05) is 26.4 Å². The number of hydrogen-bond donors (Lipinski definition) is 0. The summed E-state index contributed by atoms with van der Waals surface area (Å²) < 4.78 is 0. The van der Waals surface area contributed by atoms with Crippen LogP contribution < -0.4 is 0 Å². The van der Waals surface area contributed by atoms with Crippen molar-refractivity contribution in [3.8, 4) is 0 Å². The van der Waals surface area contributed by atoms with E-state index in [2.05, 4.69) is 10.2 Å². The lowest BCUT2D eigenvalue weighted by Gasteiger charge is -2.17. The van der Waals surface area contributed by atoms with Crippen LogP contribution in [0.4, 0.5) is 0 Å². The second kappa shape index (κ2) is 4.65. The minimum absolute atomic E-state index is 0.146. The lowest BCUT2D eigenvalue weighted by Crippen LogP contribution is -2.27. The summed E-state index contributed by atoms with van der Waals surface area (Å²) in [5, 5.41) is 7.81. The van der Waals surface area contributed by atoms with E-state index in [4.69, 9.17) is 0 Å². The van der Waals surface area contributed by atoms with Gasteiger partial charge in [-0.2, -0.15) is 10.2 Å². The Bertz CT molecular complexity index is 422. The molecular formula is C13H17N3O. The van der Waals surface area contributed by atoms with E-state index in [0.717, 1.165) is 5.56 Å². The highest BCUT2D eigenvalue weighted by Crippen LogP contribution is 2.32. The zero-order valence-corrected chi connectivity index (χ0v) is 10.3. The van der Waals surface area contributed by atoms with Gasteiger partial charge in [-0.1, -0.05) is 30.3 Å². The largest absolute Gasteiger partial charge is 0.341 e. The summed E-state index contributed by atoms with van der Waals surface area (Å²) in [5.74, 6) is 0.146. The van der Waals surface area contributed by atoms with Crippen molar-refractivity contribution in [1.82, 2.24) is 4.90 Å². The summed E-state index contributed by atoms with van der Waals surface area (Å²) in [5.41, 5.74) is 0.874. The fourth-order valence-electron chi connectivity index (χ4n) is 1.67. The molecule has 1 aliphatic rings. The molecule has 4 nitrogen and oxygen atoms in total. The van der Waals surface area contributed by atoms with Gasteiger partial charge in [0.15, 0.2) is 5.66 Å². The van der Waals surface area contributed by atoms with Crippen molar-refractivity contribution in [3.63, 3.8) is 0 Å². The van der Waals surface area contributed by atoms with E-state index in [0.29, 0.717) is 19.4 Å². The van der Waals surface area contributed by atoms with Crippen molar-refractivity contribution in [2.24, 2.45) is 10.2 Å². The highest BCUT2D eigenvalue weighted by molar-refractivity contribution is 5.76. The third kappa shape index (κ3) is 3.37. The van der Waals surface area contributed by atoms with Crippen molar-refractivity contribution in [2.45, 2.75) is 32.0 Å². The highest BCUT2D eigenvalue weighted by atomic mass is 16.2. The smallest absolute Gasteiger partial charge is 0.222 e. The summed E-state index contributed by atoms with van der Waals surface area (Å²) >= 11 is 0. The maximum absolute atomic E-state index is 11.9. The molecule has 1 aliphatic heterocycles. The Balaban J connectivity index is 1.79. The summed E-state index contributed by atoms with van der Waals surface area (Å²) in [7, 11) is 1.83. The minimum Gasteiger partial charge on any atom is -0.341 e. The van der Waals surface area contributed by atoms with Crippen LogP contribution in [0, 0.1) is 0 Å².